The molecule has 0 unspecified atom stereocenters. The number of carboxylic acids is 1. The van der Waals surface area contributed by atoms with Crippen LogP contribution in [0.1, 0.15) is 27.2 Å². The van der Waals surface area contributed by atoms with Crippen LogP contribution in [0.25, 0.3) is 5.69 Å². The summed E-state index contributed by atoms with van der Waals surface area (Å²) in [5.74, 6) is -0.706. The van der Waals surface area contributed by atoms with Crippen LogP contribution in [0.3, 0.4) is 0 Å². The molecule has 0 aliphatic carbocycles. The van der Waals surface area contributed by atoms with Gasteiger partial charge in [-0.1, -0.05) is 12.1 Å². The van der Waals surface area contributed by atoms with Crippen LogP contribution in [0.15, 0.2) is 42.5 Å². The Hall–Kier alpha value is -3.15. The van der Waals surface area contributed by atoms with Gasteiger partial charge in [-0.15, -0.1) is 0 Å². The second-order valence-corrected chi connectivity index (χ2v) is 5.94. The molecule has 25 heavy (non-hydrogen) atoms. The number of hydrogen-bond donors (Lipinski definition) is 2. The predicted octanol–water partition coefficient (Wildman–Crippen LogP) is 4.38. The molecule has 3 aromatic rings. The summed E-state index contributed by atoms with van der Waals surface area (Å²) < 4.78 is 15.1. The third kappa shape index (κ3) is 3.24. The van der Waals surface area contributed by atoms with E-state index in [0.717, 1.165) is 22.5 Å². The normalized spacial score (nSPS) is 10.7. The molecule has 0 fully saturated rings. The Bertz CT molecular complexity index is 963. The molecule has 2 N–H and O–H groups in total. The van der Waals surface area contributed by atoms with Crippen LogP contribution < -0.4 is 5.32 Å². The summed E-state index contributed by atoms with van der Waals surface area (Å²) in [5.41, 5.74) is 3.71. The molecular formula is C19H18FN3O2. The van der Waals surface area contributed by atoms with Gasteiger partial charge in [-0.25, -0.2) is 13.9 Å². The summed E-state index contributed by atoms with van der Waals surface area (Å²) in [4.78, 5) is 11.5. The number of nitrogens with zero attached hydrogens (tertiary/aromatic N) is 2. The van der Waals surface area contributed by atoms with E-state index in [4.69, 9.17) is 0 Å². The molecule has 0 atom stereocenters. The van der Waals surface area contributed by atoms with Crippen LogP contribution in [-0.2, 0) is 0 Å². The van der Waals surface area contributed by atoms with Crippen molar-refractivity contribution < 1.29 is 14.3 Å². The molecule has 0 radical (unpaired) electrons. The first-order valence-corrected chi connectivity index (χ1v) is 7.80. The maximum atomic E-state index is 13.4. The molecule has 0 saturated heterocycles. The highest BCUT2D eigenvalue weighted by Crippen LogP contribution is 2.28. The van der Waals surface area contributed by atoms with Gasteiger partial charge >= 0.3 is 5.97 Å². The van der Waals surface area contributed by atoms with Gasteiger partial charge in [0.25, 0.3) is 0 Å². The van der Waals surface area contributed by atoms with E-state index in [-0.39, 0.29) is 11.4 Å². The molecule has 6 heteroatoms. The van der Waals surface area contributed by atoms with Crippen molar-refractivity contribution in [3.8, 4) is 5.69 Å². The minimum Gasteiger partial charge on any atom is -0.478 e. The third-order valence-electron chi connectivity index (χ3n) is 3.97. The Morgan fingerprint density at radius 2 is 1.88 bits per heavy atom. The Morgan fingerprint density at radius 3 is 2.56 bits per heavy atom. The van der Waals surface area contributed by atoms with Crippen molar-refractivity contribution in [2.45, 2.75) is 20.8 Å². The Morgan fingerprint density at radius 1 is 1.12 bits per heavy atom. The molecule has 0 aliphatic heterocycles. The minimum absolute atomic E-state index is 0.182. The van der Waals surface area contributed by atoms with Crippen molar-refractivity contribution >= 4 is 17.5 Å². The van der Waals surface area contributed by atoms with Gasteiger partial charge in [0.05, 0.1) is 22.6 Å². The lowest BCUT2D eigenvalue weighted by molar-refractivity contribution is 0.0698. The van der Waals surface area contributed by atoms with Crippen LogP contribution in [-0.4, -0.2) is 20.9 Å². The van der Waals surface area contributed by atoms with Crippen LogP contribution in [0.4, 0.5) is 15.9 Å². The van der Waals surface area contributed by atoms with E-state index in [1.165, 1.54) is 12.1 Å². The molecule has 3 rings (SSSR count). The smallest absolute Gasteiger partial charge is 0.337 e. The number of anilines is 2. The van der Waals surface area contributed by atoms with Crippen LogP contribution in [0.2, 0.25) is 0 Å². The van der Waals surface area contributed by atoms with Gasteiger partial charge < -0.3 is 10.4 Å². The summed E-state index contributed by atoms with van der Waals surface area (Å²) in [6, 6.07) is 11.4. The molecule has 1 heterocycles. The van der Waals surface area contributed by atoms with Gasteiger partial charge in [-0.3, -0.25) is 0 Å². The third-order valence-corrected chi connectivity index (χ3v) is 3.97. The molecule has 2 aromatic carbocycles. The molecule has 0 bridgehead atoms. The van der Waals surface area contributed by atoms with Crippen molar-refractivity contribution in [3.05, 3.63) is 70.7 Å². The van der Waals surface area contributed by atoms with Gasteiger partial charge in [0.15, 0.2) is 0 Å². The molecule has 0 spiro atoms. The Balaban J connectivity index is 2.11. The summed E-state index contributed by atoms with van der Waals surface area (Å²) in [6.45, 7) is 5.48. The quantitative estimate of drug-likeness (QED) is 0.740. The maximum Gasteiger partial charge on any atom is 0.337 e. The van der Waals surface area contributed by atoms with Crippen LogP contribution in [0, 0.1) is 26.6 Å². The highest BCUT2D eigenvalue weighted by molar-refractivity contribution is 5.96. The van der Waals surface area contributed by atoms with Crippen molar-refractivity contribution in [1.82, 2.24) is 9.78 Å². The minimum atomic E-state index is -1.01. The summed E-state index contributed by atoms with van der Waals surface area (Å²) >= 11 is 0. The van der Waals surface area contributed by atoms with Gasteiger partial charge in [0, 0.05) is 6.07 Å². The van der Waals surface area contributed by atoms with Gasteiger partial charge in [-0.05, 0) is 56.2 Å². The predicted molar refractivity (Wildman–Crippen MR) is 94.4 cm³/mol. The summed E-state index contributed by atoms with van der Waals surface area (Å²) in [7, 11) is 0. The average molecular weight is 339 g/mol. The molecule has 0 saturated carbocycles. The van der Waals surface area contributed by atoms with Crippen molar-refractivity contribution in [2.75, 3.05) is 5.32 Å². The van der Waals surface area contributed by atoms with E-state index in [0.29, 0.717) is 11.5 Å². The Labute approximate surface area is 144 Å². The SMILES string of the molecule is Cc1cc(Nc2c(C)cccc2C(=O)O)n(-c2ccc(F)cc2C)n1. The van der Waals surface area contributed by atoms with Crippen LogP contribution in [0.5, 0.6) is 0 Å². The fourth-order valence-corrected chi connectivity index (χ4v) is 2.77. The number of halogens is 1. The zero-order valence-corrected chi connectivity index (χ0v) is 14.2. The topological polar surface area (TPSA) is 67.2 Å². The van der Waals surface area contributed by atoms with E-state index >= 15 is 0 Å². The Kier molecular flexibility index (Phi) is 4.27. The van der Waals surface area contributed by atoms with Crippen molar-refractivity contribution in [2.24, 2.45) is 0 Å². The molecule has 0 amide bonds. The van der Waals surface area contributed by atoms with Gasteiger partial charge in [0.2, 0.25) is 0 Å². The number of aromatic carboxylic acids is 1. The standard InChI is InChI=1S/C19H18FN3O2/c1-11-5-4-6-15(19(24)25)18(11)21-17-10-13(3)22-23(17)16-8-7-14(20)9-12(16)2/h4-10,21H,1-3H3,(H,24,25). The molecular weight excluding hydrogens is 321 g/mol. The fraction of sp³-hybridized carbons (Fsp3) is 0.158. The largest absolute Gasteiger partial charge is 0.478 e. The van der Waals surface area contributed by atoms with E-state index in [9.17, 15) is 14.3 Å². The number of aryl methyl sites for hydroxylation is 3. The first kappa shape index (κ1) is 16.7. The van der Waals surface area contributed by atoms with E-state index in [1.54, 1.807) is 29.8 Å². The number of aromatic nitrogens is 2. The number of hydrogen-bond acceptors (Lipinski definition) is 3. The first-order valence-electron chi connectivity index (χ1n) is 7.80. The van der Waals surface area contributed by atoms with E-state index in [1.807, 2.05) is 26.0 Å². The zero-order valence-electron chi connectivity index (χ0n) is 14.2. The van der Waals surface area contributed by atoms with E-state index in [2.05, 4.69) is 10.4 Å². The van der Waals surface area contributed by atoms with Gasteiger partial charge in [-0.2, -0.15) is 5.10 Å². The maximum absolute atomic E-state index is 13.4. The second kappa shape index (κ2) is 6.39. The number of para-hydroxylation sites is 1. The number of rotatable bonds is 4. The van der Waals surface area contributed by atoms with Crippen molar-refractivity contribution in [3.63, 3.8) is 0 Å². The zero-order chi connectivity index (χ0) is 18.1. The summed E-state index contributed by atoms with van der Waals surface area (Å²) in [6.07, 6.45) is 0. The molecule has 1 aromatic heterocycles. The molecule has 128 valence electrons. The molecule has 5 nitrogen and oxygen atoms in total. The lowest BCUT2D eigenvalue weighted by atomic mass is 10.1. The van der Waals surface area contributed by atoms with Gasteiger partial charge in [0.1, 0.15) is 11.6 Å². The highest BCUT2D eigenvalue weighted by atomic mass is 19.1. The summed E-state index contributed by atoms with van der Waals surface area (Å²) in [5, 5.41) is 17.1. The highest BCUT2D eigenvalue weighted by Gasteiger charge is 2.16. The number of nitrogens with one attached hydrogen (secondary N) is 1. The lowest BCUT2D eigenvalue weighted by Gasteiger charge is -2.15. The lowest BCUT2D eigenvalue weighted by Crippen LogP contribution is -2.08. The molecule has 0 aliphatic rings. The number of benzene rings is 2. The monoisotopic (exact) mass is 339 g/mol. The average Bonchev–Trinajstić information content (AvgIpc) is 2.89. The number of carboxylic acid groups (broad SMARTS) is 1. The van der Waals surface area contributed by atoms with Crippen LogP contribution >= 0.6 is 0 Å². The fourth-order valence-electron chi connectivity index (χ4n) is 2.77. The number of carbonyl (C=O) groups is 1. The first-order chi connectivity index (χ1) is 11.9. The van der Waals surface area contributed by atoms with E-state index < -0.39 is 5.97 Å². The second-order valence-electron chi connectivity index (χ2n) is 5.94. The van der Waals surface area contributed by atoms with Crippen molar-refractivity contribution in [1.29, 1.82) is 0 Å².